The van der Waals surface area contributed by atoms with Crippen molar-refractivity contribution in [2.24, 2.45) is 0 Å². The maximum absolute atomic E-state index is 12.5. The van der Waals surface area contributed by atoms with E-state index in [0.29, 0.717) is 17.8 Å². The van der Waals surface area contributed by atoms with E-state index in [4.69, 9.17) is 0 Å². The topological polar surface area (TPSA) is 112 Å². The first kappa shape index (κ1) is 14.4. The Kier molecular flexibility index (Phi) is 3.30. The van der Waals surface area contributed by atoms with Crippen molar-refractivity contribution in [2.75, 3.05) is 5.32 Å². The molecule has 1 aliphatic carbocycles. The number of amides is 1. The Balaban J connectivity index is 1.85. The summed E-state index contributed by atoms with van der Waals surface area (Å²) in [5, 5.41) is 5.02. The summed E-state index contributed by atoms with van der Waals surface area (Å²) < 4.78 is 1.12. The molecule has 0 radical (unpaired) electrons. The molecule has 122 valence electrons. The third kappa shape index (κ3) is 2.23. The molecule has 3 aromatic rings. The second-order valence-corrected chi connectivity index (χ2v) is 5.76. The standard InChI is InChI=1S/C16H15N5O3/c22-14(19-11-7-3-4-8-17-11)12-13-18-10-6-2-1-5-9(10)16(24)21(13)20-15(12)23/h3-4,7-8,18H,1-2,5-6H2,(H,20,23)(H,17,19,22). The van der Waals surface area contributed by atoms with Crippen molar-refractivity contribution in [3.05, 3.63) is 61.9 Å². The lowest BCUT2D eigenvalue weighted by atomic mass is 9.97. The minimum Gasteiger partial charge on any atom is -0.342 e. The van der Waals surface area contributed by atoms with E-state index < -0.39 is 11.5 Å². The van der Waals surface area contributed by atoms with Crippen molar-refractivity contribution in [1.29, 1.82) is 0 Å². The zero-order chi connectivity index (χ0) is 16.7. The van der Waals surface area contributed by atoms with E-state index in [2.05, 4.69) is 20.4 Å². The van der Waals surface area contributed by atoms with Crippen LogP contribution < -0.4 is 16.4 Å². The normalized spacial score (nSPS) is 13.7. The molecular formula is C16H15N5O3. The van der Waals surface area contributed by atoms with Gasteiger partial charge in [0.1, 0.15) is 11.4 Å². The Morgan fingerprint density at radius 1 is 1.21 bits per heavy atom. The van der Waals surface area contributed by atoms with Crippen molar-refractivity contribution in [2.45, 2.75) is 25.7 Å². The monoisotopic (exact) mass is 325 g/mol. The molecule has 0 bridgehead atoms. The molecule has 1 aliphatic rings. The van der Waals surface area contributed by atoms with Crippen molar-refractivity contribution in [3.8, 4) is 0 Å². The molecule has 0 spiro atoms. The maximum atomic E-state index is 12.5. The van der Waals surface area contributed by atoms with Gasteiger partial charge in [0.25, 0.3) is 17.0 Å². The highest BCUT2D eigenvalue weighted by molar-refractivity contribution is 6.07. The molecule has 1 amide bonds. The van der Waals surface area contributed by atoms with E-state index in [1.165, 1.54) is 6.20 Å². The van der Waals surface area contributed by atoms with E-state index in [1.807, 2.05) is 0 Å². The predicted molar refractivity (Wildman–Crippen MR) is 87.5 cm³/mol. The van der Waals surface area contributed by atoms with Gasteiger partial charge in [-0.2, -0.15) is 4.52 Å². The van der Waals surface area contributed by atoms with Crippen LogP contribution in [0.3, 0.4) is 0 Å². The lowest BCUT2D eigenvalue weighted by Crippen LogP contribution is -2.25. The van der Waals surface area contributed by atoms with Crippen LogP contribution >= 0.6 is 0 Å². The van der Waals surface area contributed by atoms with E-state index in [-0.39, 0.29) is 16.8 Å². The Hall–Kier alpha value is -3.16. The quantitative estimate of drug-likeness (QED) is 0.648. The fourth-order valence-electron chi connectivity index (χ4n) is 3.09. The van der Waals surface area contributed by atoms with Gasteiger partial charge in [0.15, 0.2) is 5.65 Å². The summed E-state index contributed by atoms with van der Waals surface area (Å²) in [6.45, 7) is 0. The highest BCUT2D eigenvalue weighted by atomic mass is 16.2. The molecule has 0 saturated heterocycles. The van der Waals surface area contributed by atoms with Crippen molar-refractivity contribution < 1.29 is 4.79 Å². The van der Waals surface area contributed by atoms with Gasteiger partial charge in [-0.15, -0.1) is 0 Å². The molecule has 0 fully saturated rings. The lowest BCUT2D eigenvalue weighted by molar-refractivity contribution is 0.102. The highest BCUT2D eigenvalue weighted by Crippen LogP contribution is 2.17. The molecule has 0 saturated carbocycles. The van der Waals surface area contributed by atoms with E-state index in [0.717, 1.165) is 29.5 Å². The molecule has 0 aromatic carbocycles. The molecule has 24 heavy (non-hydrogen) atoms. The Morgan fingerprint density at radius 2 is 2.04 bits per heavy atom. The number of aromatic amines is 2. The molecule has 0 aliphatic heterocycles. The van der Waals surface area contributed by atoms with Crippen molar-refractivity contribution in [1.82, 2.24) is 19.6 Å². The van der Waals surface area contributed by atoms with Gasteiger partial charge >= 0.3 is 0 Å². The fourth-order valence-corrected chi connectivity index (χ4v) is 3.09. The van der Waals surface area contributed by atoms with Crippen LogP contribution in [0.25, 0.3) is 5.65 Å². The third-order valence-corrected chi connectivity index (χ3v) is 4.23. The van der Waals surface area contributed by atoms with E-state index in [1.54, 1.807) is 18.2 Å². The Morgan fingerprint density at radius 3 is 2.83 bits per heavy atom. The summed E-state index contributed by atoms with van der Waals surface area (Å²) in [7, 11) is 0. The van der Waals surface area contributed by atoms with Gasteiger partial charge in [-0.25, -0.2) is 4.98 Å². The molecule has 3 N–H and O–H groups in total. The highest BCUT2D eigenvalue weighted by Gasteiger charge is 2.23. The first-order valence-corrected chi connectivity index (χ1v) is 7.76. The minimum absolute atomic E-state index is 0.119. The smallest absolute Gasteiger partial charge is 0.279 e. The molecular weight excluding hydrogens is 310 g/mol. The number of fused-ring (bicyclic) bond motifs is 2. The van der Waals surface area contributed by atoms with Gasteiger partial charge < -0.3 is 10.3 Å². The number of aromatic nitrogens is 4. The summed E-state index contributed by atoms with van der Waals surface area (Å²) in [6, 6.07) is 5.07. The lowest BCUT2D eigenvalue weighted by Gasteiger charge is -2.15. The molecule has 8 heteroatoms. The van der Waals surface area contributed by atoms with Crippen LogP contribution in [0.4, 0.5) is 5.82 Å². The number of nitrogens with zero attached hydrogens (tertiary/aromatic N) is 2. The van der Waals surface area contributed by atoms with E-state index >= 15 is 0 Å². The van der Waals surface area contributed by atoms with E-state index in [9.17, 15) is 14.4 Å². The average molecular weight is 325 g/mol. The number of pyridine rings is 1. The zero-order valence-corrected chi connectivity index (χ0v) is 12.8. The van der Waals surface area contributed by atoms with Crippen LogP contribution in [-0.2, 0) is 12.8 Å². The minimum atomic E-state index is -0.612. The Labute approximate surface area is 135 Å². The largest absolute Gasteiger partial charge is 0.342 e. The van der Waals surface area contributed by atoms with Gasteiger partial charge in [0, 0.05) is 17.5 Å². The Bertz CT molecular complexity index is 1050. The van der Waals surface area contributed by atoms with Crippen LogP contribution in [0.15, 0.2) is 34.0 Å². The zero-order valence-electron chi connectivity index (χ0n) is 12.8. The van der Waals surface area contributed by atoms with Gasteiger partial charge in [-0.1, -0.05) is 6.07 Å². The van der Waals surface area contributed by atoms with Crippen molar-refractivity contribution in [3.63, 3.8) is 0 Å². The number of anilines is 1. The SMILES string of the molecule is O=C(Nc1ccccn1)c1c(=O)[nH]n2c(=O)c3c([nH]c12)CCCC3. The summed E-state index contributed by atoms with van der Waals surface area (Å²) in [5.41, 5.74) is 0.672. The second-order valence-electron chi connectivity index (χ2n) is 5.76. The van der Waals surface area contributed by atoms with Gasteiger partial charge in [0.05, 0.1) is 0 Å². The molecule has 8 nitrogen and oxygen atoms in total. The van der Waals surface area contributed by atoms with Crippen LogP contribution in [0.5, 0.6) is 0 Å². The van der Waals surface area contributed by atoms with Gasteiger partial charge in [0.2, 0.25) is 0 Å². The second kappa shape index (κ2) is 5.48. The summed E-state index contributed by atoms with van der Waals surface area (Å²) in [4.78, 5) is 44.4. The van der Waals surface area contributed by atoms with Gasteiger partial charge in [-0.05, 0) is 37.8 Å². The molecule has 0 unspecified atom stereocenters. The number of rotatable bonds is 2. The number of hydrogen-bond acceptors (Lipinski definition) is 4. The van der Waals surface area contributed by atoms with Crippen LogP contribution in [0, 0.1) is 0 Å². The number of hydrogen-bond donors (Lipinski definition) is 3. The number of carbonyl (C=O) groups is 1. The summed E-state index contributed by atoms with van der Waals surface area (Å²) >= 11 is 0. The molecule has 3 heterocycles. The van der Waals surface area contributed by atoms with Crippen molar-refractivity contribution >= 4 is 17.4 Å². The first-order chi connectivity index (χ1) is 11.6. The molecule has 0 atom stereocenters. The third-order valence-electron chi connectivity index (χ3n) is 4.23. The average Bonchev–Trinajstić information content (AvgIpc) is 2.92. The first-order valence-electron chi connectivity index (χ1n) is 7.76. The number of H-pyrrole nitrogens is 2. The van der Waals surface area contributed by atoms with Crippen LogP contribution in [-0.4, -0.2) is 25.5 Å². The number of nitrogens with one attached hydrogen (secondary N) is 3. The number of aryl methyl sites for hydroxylation is 1. The number of carbonyl (C=O) groups excluding carboxylic acids is 1. The predicted octanol–water partition coefficient (Wildman–Crippen LogP) is 0.842. The fraction of sp³-hybridized carbons (Fsp3) is 0.250. The molecule has 4 rings (SSSR count). The van der Waals surface area contributed by atoms with Gasteiger partial charge in [-0.3, -0.25) is 19.5 Å². The maximum Gasteiger partial charge on any atom is 0.279 e. The summed E-state index contributed by atoms with van der Waals surface area (Å²) in [6.07, 6.45) is 4.87. The summed E-state index contributed by atoms with van der Waals surface area (Å²) in [5.74, 6) is -0.273. The van der Waals surface area contributed by atoms with Crippen LogP contribution in [0.1, 0.15) is 34.5 Å². The van der Waals surface area contributed by atoms with Crippen LogP contribution in [0.2, 0.25) is 0 Å². The molecule has 3 aromatic heterocycles.